The number of rotatable bonds is 4. The van der Waals surface area contributed by atoms with E-state index in [0.717, 1.165) is 19.3 Å². The molecule has 4 aliphatic rings. The molecule has 0 aromatic heterocycles. The molecule has 2 amide bonds. The van der Waals surface area contributed by atoms with Gasteiger partial charge in [0, 0.05) is 17.0 Å². The van der Waals surface area contributed by atoms with Crippen molar-refractivity contribution < 1.29 is 29.0 Å². The van der Waals surface area contributed by atoms with Gasteiger partial charge in [0.25, 0.3) is 5.91 Å². The lowest BCUT2D eigenvalue weighted by molar-refractivity contribution is -0.154. The van der Waals surface area contributed by atoms with Gasteiger partial charge in [-0.05, 0) is 57.4 Å². The number of benzene rings is 1. The van der Waals surface area contributed by atoms with Crippen LogP contribution in [0.5, 0.6) is 5.75 Å². The van der Waals surface area contributed by atoms with Gasteiger partial charge in [0.1, 0.15) is 11.8 Å². The van der Waals surface area contributed by atoms with Crippen molar-refractivity contribution in [1.29, 1.82) is 0 Å². The van der Waals surface area contributed by atoms with Crippen LogP contribution < -0.4 is 9.64 Å². The number of methoxy groups -OCH3 is 1. The predicted octanol–water partition coefficient (Wildman–Crippen LogP) is 2.95. The zero-order valence-corrected chi connectivity index (χ0v) is 22.3. The molecule has 0 saturated carbocycles. The number of hydrogen-bond donors (Lipinski definition) is 1. The number of anilines is 1. The number of hydrogen-bond acceptors (Lipinski definition) is 7. The van der Waals surface area contributed by atoms with E-state index in [1.54, 1.807) is 31.1 Å². The molecule has 0 bridgehead atoms. The highest BCUT2D eigenvalue weighted by atomic mass is 32.2. The van der Waals surface area contributed by atoms with Crippen molar-refractivity contribution in [3.05, 3.63) is 48.6 Å². The average Bonchev–Trinajstić information content (AvgIpc) is 3.23. The van der Waals surface area contributed by atoms with Crippen LogP contribution in [0.25, 0.3) is 0 Å². The number of aliphatic hydroxyl groups excluding tert-OH is 1. The highest BCUT2D eigenvalue weighted by Gasteiger charge is 2.74. The van der Waals surface area contributed by atoms with Gasteiger partial charge in [-0.2, -0.15) is 0 Å². The largest absolute Gasteiger partial charge is 0.497 e. The molecule has 1 aromatic rings. The number of amides is 2. The van der Waals surface area contributed by atoms with Crippen LogP contribution >= 0.6 is 11.8 Å². The lowest BCUT2D eigenvalue weighted by Crippen LogP contribution is -2.56. The van der Waals surface area contributed by atoms with Crippen LogP contribution in [0, 0.1) is 11.8 Å². The number of fused-ring (bicyclic) bond motifs is 2. The van der Waals surface area contributed by atoms with Crippen LogP contribution in [-0.2, 0) is 19.1 Å². The highest BCUT2D eigenvalue weighted by molar-refractivity contribution is 8.02. The Balaban J connectivity index is 1.64. The molecule has 5 rings (SSSR count). The standard InChI is InChI=1S/C28H34N2O6S/c1-18(17-31)30-23-25(33)29(19-9-11-20(35-3)12-10-19)15-8-14-28(23)21(24(30)32)22-26(34)36-16-7-5-4-6-13-27(22,2)37-28/h6,8-14,18,21-23,31H,4-5,7,15-17H2,1-3H3/b13-6-/t18-,21+,22-,23?,27+,28+/m1/s1. The first-order chi connectivity index (χ1) is 17.8. The molecule has 2 saturated heterocycles. The number of cyclic esters (lactones) is 1. The van der Waals surface area contributed by atoms with Gasteiger partial charge in [-0.25, -0.2) is 0 Å². The van der Waals surface area contributed by atoms with E-state index in [4.69, 9.17) is 9.47 Å². The van der Waals surface area contributed by atoms with Gasteiger partial charge in [-0.15, -0.1) is 11.8 Å². The maximum atomic E-state index is 14.4. The summed E-state index contributed by atoms with van der Waals surface area (Å²) in [6.07, 6.45) is 10.6. The molecule has 4 heterocycles. The SMILES string of the molecule is COc1ccc(N2CC=C[C@]34S[C@@]5(C)/C=C\CCCCOC(=O)[C@H]5[C@H]3C(=O)N([C@H](C)CO)C4C2=O)cc1. The zero-order valence-electron chi connectivity index (χ0n) is 21.5. The molecule has 6 atom stereocenters. The van der Waals surface area contributed by atoms with E-state index >= 15 is 0 Å². The minimum Gasteiger partial charge on any atom is -0.497 e. The van der Waals surface area contributed by atoms with Crippen LogP contribution in [0.15, 0.2) is 48.6 Å². The number of carbonyl (C=O) groups excluding carboxylic acids is 3. The van der Waals surface area contributed by atoms with Crippen molar-refractivity contribution in [2.24, 2.45) is 11.8 Å². The van der Waals surface area contributed by atoms with E-state index in [1.807, 2.05) is 37.3 Å². The predicted molar refractivity (Wildman–Crippen MR) is 141 cm³/mol. The minimum atomic E-state index is -0.977. The third-order valence-electron chi connectivity index (χ3n) is 8.06. The molecule has 1 spiro atoms. The molecule has 4 aliphatic heterocycles. The fourth-order valence-corrected chi connectivity index (χ4v) is 8.43. The number of allylic oxidation sites excluding steroid dienone is 1. The first-order valence-corrected chi connectivity index (χ1v) is 13.7. The molecule has 0 aliphatic carbocycles. The summed E-state index contributed by atoms with van der Waals surface area (Å²) < 4.78 is 9.26. The Hall–Kier alpha value is -2.78. The zero-order chi connectivity index (χ0) is 26.4. The molecule has 0 radical (unpaired) electrons. The Bertz CT molecular complexity index is 1140. The van der Waals surface area contributed by atoms with Crippen molar-refractivity contribution in [3.63, 3.8) is 0 Å². The maximum absolute atomic E-state index is 14.4. The number of ether oxygens (including phenoxy) is 2. The normalized spacial score (nSPS) is 35.2. The molecular weight excluding hydrogens is 492 g/mol. The van der Waals surface area contributed by atoms with Gasteiger partial charge in [0.15, 0.2) is 0 Å². The van der Waals surface area contributed by atoms with Crippen LogP contribution in [-0.4, -0.2) is 76.2 Å². The Morgan fingerprint density at radius 1 is 1.11 bits per heavy atom. The summed E-state index contributed by atoms with van der Waals surface area (Å²) in [5.41, 5.74) is 0.688. The summed E-state index contributed by atoms with van der Waals surface area (Å²) >= 11 is 1.51. The topological polar surface area (TPSA) is 96.4 Å². The molecular formula is C28H34N2O6S. The Kier molecular flexibility index (Phi) is 6.87. The molecule has 1 unspecified atom stereocenters. The lowest BCUT2D eigenvalue weighted by Gasteiger charge is -2.39. The second-order valence-electron chi connectivity index (χ2n) is 10.4. The monoisotopic (exact) mass is 526 g/mol. The third-order valence-corrected chi connectivity index (χ3v) is 9.86. The quantitative estimate of drug-likeness (QED) is 0.476. The number of nitrogens with zero attached hydrogens (tertiary/aromatic N) is 2. The molecule has 198 valence electrons. The molecule has 37 heavy (non-hydrogen) atoms. The average molecular weight is 527 g/mol. The summed E-state index contributed by atoms with van der Waals surface area (Å²) in [5.74, 6) is -1.77. The number of carbonyl (C=O) groups is 3. The first-order valence-electron chi connectivity index (χ1n) is 12.9. The summed E-state index contributed by atoms with van der Waals surface area (Å²) in [5, 5.41) is 10.1. The molecule has 8 nitrogen and oxygen atoms in total. The summed E-state index contributed by atoms with van der Waals surface area (Å²) in [4.78, 5) is 45.2. The van der Waals surface area contributed by atoms with Gasteiger partial charge in [-0.3, -0.25) is 14.4 Å². The van der Waals surface area contributed by atoms with Gasteiger partial charge in [-0.1, -0.05) is 24.3 Å². The van der Waals surface area contributed by atoms with E-state index in [0.29, 0.717) is 24.6 Å². The van der Waals surface area contributed by atoms with Crippen molar-refractivity contribution in [1.82, 2.24) is 4.90 Å². The number of thioether (sulfide) groups is 1. The second-order valence-corrected chi connectivity index (χ2v) is 12.2. The van der Waals surface area contributed by atoms with Crippen LogP contribution in [0.2, 0.25) is 0 Å². The number of likely N-dealkylation sites (tertiary alicyclic amines) is 1. The lowest BCUT2D eigenvalue weighted by atomic mass is 9.74. The number of aliphatic hydroxyl groups is 1. The van der Waals surface area contributed by atoms with E-state index in [-0.39, 0.29) is 18.4 Å². The molecule has 2 fully saturated rings. The Morgan fingerprint density at radius 2 is 1.86 bits per heavy atom. The van der Waals surface area contributed by atoms with Crippen molar-refractivity contribution >= 4 is 35.2 Å². The van der Waals surface area contributed by atoms with Crippen molar-refractivity contribution in [2.75, 3.05) is 31.8 Å². The minimum absolute atomic E-state index is 0.233. The fraction of sp³-hybridized carbons (Fsp3) is 0.536. The van der Waals surface area contributed by atoms with Gasteiger partial charge in [0.05, 0.1) is 42.9 Å². The van der Waals surface area contributed by atoms with E-state index < -0.39 is 39.4 Å². The number of esters is 1. The Labute approximate surface area is 221 Å². The van der Waals surface area contributed by atoms with E-state index in [2.05, 4.69) is 6.08 Å². The van der Waals surface area contributed by atoms with Crippen molar-refractivity contribution in [3.8, 4) is 5.75 Å². The van der Waals surface area contributed by atoms with Crippen molar-refractivity contribution in [2.45, 2.75) is 54.7 Å². The maximum Gasteiger partial charge on any atom is 0.311 e. The second kappa shape index (κ2) is 9.83. The van der Waals surface area contributed by atoms with Gasteiger partial charge in [0.2, 0.25) is 5.91 Å². The van der Waals surface area contributed by atoms with E-state index in [9.17, 15) is 19.5 Å². The van der Waals surface area contributed by atoms with Crippen LogP contribution in [0.4, 0.5) is 5.69 Å². The highest BCUT2D eigenvalue weighted by Crippen LogP contribution is 2.65. The Morgan fingerprint density at radius 3 is 2.57 bits per heavy atom. The summed E-state index contributed by atoms with van der Waals surface area (Å²) in [6.45, 7) is 4.07. The van der Waals surface area contributed by atoms with Gasteiger partial charge < -0.3 is 24.4 Å². The first kappa shape index (κ1) is 25.9. The summed E-state index contributed by atoms with van der Waals surface area (Å²) in [7, 11) is 1.59. The van der Waals surface area contributed by atoms with Crippen LogP contribution in [0.1, 0.15) is 33.1 Å². The summed E-state index contributed by atoms with van der Waals surface area (Å²) in [6, 6.07) is 5.76. The molecule has 9 heteroatoms. The molecule has 1 aromatic carbocycles. The van der Waals surface area contributed by atoms with Gasteiger partial charge >= 0.3 is 5.97 Å². The third kappa shape index (κ3) is 4.07. The van der Waals surface area contributed by atoms with Crippen LogP contribution in [0.3, 0.4) is 0 Å². The van der Waals surface area contributed by atoms with E-state index in [1.165, 1.54) is 16.7 Å². The smallest absolute Gasteiger partial charge is 0.311 e. The fourth-order valence-electron chi connectivity index (χ4n) is 6.29. The molecule has 1 N–H and O–H groups in total.